The highest BCUT2D eigenvalue weighted by Gasteiger charge is 2.55. The van der Waals surface area contributed by atoms with Gasteiger partial charge in [0, 0.05) is 25.4 Å². The minimum atomic E-state index is -0.696. The van der Waals surface area contributed by atoms with Crippen LogP contribution in [0.4, 0.5) is 0 Å². The monoisotopic (exact) mass is 375 g/mol. The number of morpholine rings is 1. The molecule has 6 heteroatoms. The fraction of sp³-hybridized carbons (Fsp3) is 0.857. The molecule has 1 aliphatic heterocycles. The van der Waals surface area contributed by atoms with E-state index in [1.807, 2.05) is 4.90 Å². The summed E-state index contributed by atoms with van der Waals surface area (Å²) in [6.07, 6.45) is 8.66. The number of nitrogens with zero attached hydrogens (tertiary/aromatic N) is 2. The van der Waals surface area contributed by atoms with Gasteiger partial charge in [0.2, 0.25) is 11.8 Å². The van der Waals surface area contributed by atoms with Crippen LogP contribution in [0, 0.1) is 29.1 Å². The fourth-order valence-corrected chi connectivity index (χ4v) is 4.72. The van der Waals surface area contributed by atoms with Crippen molar-refractivity contribution in [3.8, 4) is 6.07 Å². The predicted molar refractivity (Wildman–Crippen MR) is 102 cm³/mol. The molecule has 0 radical (unpaired) electrons. The zero-order valence-corrected chi connectivity index (χ0v) is 16.5. The van der Waals surface area contributed by atoms with Gasteiger partial charge in [-0.05, 0) is 31.1 Å². The Kier molecular flexibility index (Phi) is 6.75. The van der Waals surface area contributed by atoms with Crippen LogP contribution in [0.25, 0.3) is 0 Å². The molecule has 1 unspecified atom stereocenters. The third-order valence-electron chi connectivity index (χ3n) is 6.64. The van der Waals surface area contributed by atoms with Crippen molar-refractivity contribution < 1.29 is 14.3 Å². The van der Waals surface area contributed by atoms with Gasteiger partial charge < -0.3 is 15.0 Å². The number of rotatable bonds is 7. The van der Waals surface area contributed by atoms with Crippen LogP contribution < -0.4 is 5.32 Å². The molecule has 0 bridgehead atoms. The van der Waals surface area contributed by atoms with Gasteiger partial charge in [0.15, 0.2) is 0 Å². The zero-order valence-electron chi connectivity index (χ0n) is 16.5. The van der Waals surface area contributed by atoms with E-state index in [2.05, 4.69) is 18.3 Å². The Morgan fingerprint density at radius 2 is 1.96 bits per heavy atom. The summed E-state index contributed by atoms with van der Waals surface area (Å²) in [5.41, 5.74) is -0.696. The van der Waals surface area contributed by atoms with Gasteiger partial charge in [0.05, 0.1) is 19.3 Å². The van der Waals surface area contributed by atoms with Crippen LogP contribution in [-0.2, 0) is 14.3 Å². The first kappa shape index (κ1) is 20.1. The molecule has 0 aromatic rings. The van der Waals surface area contributed by atoms with Gasteiger partial charge in [-0.3, -0.25) is 9.59 Å². The zero-order chi connectivity index (χ0) is 19.3. The molecule has 3 atom stereocenters. The summed E-state index contributed by atoms with van der Waals surface area (Å²) in [5.74, 6) is 0.387. The summed E-state index contributed by atoms with van der Waals surface area (Å²) in [6, 6.07) is 2.32. The highest BCUT2D eigenvalue weighted by molar-refractivity contribution is 5.86. The number of amides is 2. The van der Waals surface area contributed by atoms with E-state index in [1.165, 1.54) is 19.3 Å². The molecule has 1 N–H and O–H groups in total. The van der Waals surface area contributed by atoms with E-state index in [9.17, 15) is 14.9 Å². The number of nitriles is 1. The molecular weight excluding hydrogens is 342 g/mol. The van der Waals surface area contributed by atoms with Crippen molar-refractivity contribution in [2.75, 3.05) is 26.3 Å². The van der Waals surface area contributed by atoms with E-state index in [4.69, 9.17) is 4.74 Å². The predicted octanol–water partition coefficient (Wildman–Crippen LogP) is 2.63. The first-order chi connectivity index (χ1) is 13.1. The molecule has 150 valence electrons. The highest BCUT2D eigenvalue weighted by Crippen LogP contribution is 2.45. The second kappa shape index (κ2) is 9.05. The Hall–Kier alpha value is -1.61. The van der Waals surface area contributed by atoms with Crippen LogP contribution in [0.2, 0.25) is 0 Å². The van der Waals surface area contributed by atoms with Gasteiger partial charge >= 0.3 is 0 Å². The van der Waals surface area contributed by atoms with Gasteiger partial charge in [0.1, 0.15) is 5.54 Å². The van der Waals surface area contributed by atoms with E-state index >= 15 is 0 Å². The summed E-state index contributed by atoms with van der Waals surface area (Å²) in [4.78, 5) is 27.6. The number of carbonyl (C=O) groups is 2. The van der Waals surface area contributed by atoms with Crippen LogP contribution in [0.5, 0.6) is 0 Å². The molecular formula is C21H33N3O3. The van der Waals surface area contributed by atoms with Crippen LogP contribution in [-0.4, -0.2) is 48.6 Å². The van der Waals surface area contributed by atoms with Crippen molar-refractivity contribution in [3.63, 3.8) is 0 Å². The smallest absolute Gasteiger partial charge is 0.224 e. The fourth-order valence-electron chi connectivity index (χ4n) is 4.72. The first-order valence-corrected chi connectivity index (χ1v) is 10.7. The summed E-state index contributed by atoms with van der Waals surface area (Å²) >= 11 is 0. The largest absolute Gasteiger partial charge is 0.378 e. The average molecular weight is 376 g/mol. The Balaban J connectivity index is 1.63. The molecule has 6 nitrogen and oxygen atoms in total. The summed E-state index contributed by atoms with van der Waals surface area (Å²) < 4.78 is 5.33. The standard InChI is InChI=1S/C21H33N3O3/c1-2-18-14-21(18,15-22)23-20(26)17(12-16-6-4-3-5-7-16)13-19(25)24-8-10-27-11-9-24/h16-18H,2-14H2,1H3,(H,23,26)/t17-,18?,21-/m1/s1. The van der Waals surface area contributed by atoms with Gasteiger partial charge in [-0.25, -0.2) is 0 Å². The minimum absolute atomic E-state index is 0.0445. The number of ether oxygens (including phenoxy) is 1. The van der Waals surface area contributed by atoms with Crippen LogP contribution >= 0.6 is 0 Å². The Bertz CT molecular complexity index is 576. The molecule has 3 aliphatic rings. The van der Waals surface area contributed by atoms with Gasteiger partial charge in [-0.15, -0.1) is 0 Å². The molecule has 3 rings (SSSR count). The topological polar surface area (TPSA) is 82.4 Å². The lowest BCUT2D eigenvalue weighted by atomic mass is 9.81. The van der Waals surface area contributed by atoms with E-state index in [0.717, 1.165) is 32.1 Å². The van der Waals surface area contributed by atoms with Crippen molar-refractivity contribution in [2.45, 2.75) is 70.3 Å². The van der Waals surface area contributed by atoms with Crippen molar-refractivity contribution in [1.29, 1.82) is 5.26 Å². The lowest BCUT2D eigenvalue weighted by molar-refractivity contribution is -0.140. The minimum Gasteiger partial charge on any atom is -0.378 e. The SMILES string of the molecule is CCC1C[C@]1(C#N)NC(=O)[C@@H](CC(=O)N1CCOCC1)CC1CCCCC1. The third-order valence-corrected chi connectivity index (χ3v) is 6.64. The quantitative estimate of drug-likeness (QED) is 0.741. The van der Waals surface area contributed by atoms with Crippen LogP contribution in [0.15, 0.2) is 0 Å². The molecule has 1 heterocycles. The van der Waals surface area contributed by atoms with Crippen molar-refractivity contribution in [2.24, 2.45) is 17.8 Å². The number of nitrogens with one attached hydrogen (secondary N) is 1. The maximum atomic E-state index is 13.1. The third kappa shape index (κ3) is 5.01. The molecule has 3 fully saturated rings. The maximum absolute atomic E-state index is 13.1. The van der Waals surface area contributed by atoms with Crippen molar-refractivity contribution in [3.05, 3.63) is 0 Å². The van der Waals surface area contributed by atoms with Crippen LogP contribution in [0.1, 0.15) is 64.7 Å². The molecule has 1 saturated heterocycles. The molecule has 0 aromatic carbocycles. The van der Waals surface area contributed by atoms with E-state index < -0.39 is 5.54 Å². The molecule has 0 spiro atoms. The second-order valence-electron chi connectivity index (χ2n) is 8.52. The second-order valence-corrected chi connectivity index (χ2v) is 8.52. The van der Waals surface area contributed by atoms with E-state index in [-0.39, 0.29) is 30.1 Å². The molecule has 2 aliphatic carbocycles. The van der Waals surface area contributed by atoms with Crippen LogP contribution in [0.3, 0.4) is 0 Å². The lowest BCUT2D eigenvalue weighted by Crippen LogP contribution is -2.45. The number of carbonyl (C=O) groups excluding carboxylic acids is 2. The molecule has 2 saturated carbocycles. The maximum Gasteiger partial charge on any atom is 0.224 e. The Morgan fingerprint density at radius 1 is 1.26 bits per heavy atom. The highest BCUT2D eigenvalue weighted by atomic mass is 16.5. The van der Waals surface area contributed by atoms with E-state index in [0.29, 0.717) is 32.2 Å². The molecule has 2 amide bonds. The van der Waals surface area contributed by atoms with Gasteiger partial charge in [0.25, 0.3) is 0 Å². The number of hydrogen-bond acceptors (Lipinski definition) is 4. The number of hydrogen-bond donors (Lipinski definition) is 1. The Morgan fingerprint density at radius 3 is 2.56 bits per heavy atom. The summed E-state index contributed by atoms with van der Waals surface area (Å²) in [7, 11) is 0. The van der Waals surface area contributed by atoms with Crippen molar-refractivity contribution in [1.82, 2.24) is 10.2 Å². The summed E-state index contributed by atoms with van der Waals surface area (Å²) in [5, 5.41) is 12.6. The van der Waals surface area contributed by atoms with Gasteiger partial charge in [-0.2, -0.15) is 5.26 Å². The Labute approximate surface area is 162 Å². The lowest BCUT2D eigenvalue weighted by Gasteiger charge is -2.30. The average Bonchev–Trinajstić information content (AvgIpc) is 3.42. The molecule has 0 aromatic heterocycles. The summed E-state index contributed by atoms with van der Waals surface area (Å²) in [6.45, 7) is 4.41. The first-order valence-electron chi connectivity index (χ1n) is 10.7. The van der Waals surface area contributed by atoms with Crippen molar-refractivity contribution >= 4 is 11.8 Å². The van der Waals surface area contributed by atoms with E-state index in [1.54, 1.807) is 0 Å². The van der Waals surface area contributed by atoms with Gasteiger partial charge in [-0.1, -0.05) is 39.0 Å². The normalized spacial score (nSPS) is 29.6. The molecule has 27 heavy (non-hydrogen) atoms.